The van der Waals surface area contributed by atoms with Gasteiger partial charge in [-0.3, -0.25) is 4.79 Å². The standard InChI is InChI=1S/C22H32O4/c1-3-13-11-19-18-6-4-14-10-15(24)5-7-16(14)17(18)8-9-22(19,2)21(13)26-20(25)12-23/h10,13,16-19,21,23H,3-9,11-12H2,1-2H3/t13-,16-,17+,18+,19-,21-,22-/m0/s1. The molecule has 0 bridgehead atoms. The molecule has 0 heterocycles. The molecule has 0 amide bonds. The Morgan fingerprint density at radius 1 is 1.27 bits per heavy atom. The molecule has 0 aromatic heterocycles. The van der Waals surface area contributed by atoms with Crippen LogP contribution in [0.15, 0.2) is 11.6 Å². The summed E-state index contributed by atoms with van der Waals surface area (Å²) in [5, 5.41) is 9.16. The molecule has 144 valence electrons. The molecule has 0 radical (unpaired) electrons. The lowest BCUT2D eigenvalue weighted by atomic mass is 9.52. The quantitative estimate of drug-likeness (QED) is 0.780. The maximum absolute atomic E-state index is 11.8. The number of aliphatic hydroxyl groups excluding tert-OH is 1. The van der Waals surface area contributed by atoms with Crippen LogP contribution in [0.5, 0.6) is 0 Å². The van der Waals surface area contributed by atoms with E-state index in [0.717, 1.165) is 32.1 Å². The molecular weight excluding hydrogens is 328 g/mol. The molecule has 0 unspecified atom stereocenters. The smallest absolute Gasteiger partial charge is 0.332 e. The van der Waals surface area contributed by atoms with Crippen molar-refractivity contribution in [2.24, 2.45) is 35.0 Å². The van der Waals surface area contributed by atoms with Crippen molar-refractivity contribution < 1.29 is 19.4 Å². The number of carbonyl (C=O) groups excluding carboxylic acids is 2. The van der Waals surface area contributed by atoms with Gasteiger partial charge < -0.3 is 9.84 Å². The predicted molar refractivity (Wildman–Crippen MR) is 98.2 cm³/mol. The molecule has 4 heteroatoms. The molecule has 1 N–H and O–H groups in total. The SMILES string of the molecule is CC[C@H]1C[C@H]2[C@@H]3CCC4=CC(=O)CC[C@@H]4[C@H]3CC[C@]2(C)[C@H]1OC(=O)CO. The monoisotopic (exact) mass is 360 g/mol. The number of ketones is 1. The zero-order valence-corrected chi connectivity index (χ0v) is 16.1. The van der Waals surface area contributed by atoms with Gasteiger partial charge in [0.1, 0.15) is 12.7 Å². The summed E-state index contributed by atoms with van der Waals surface area (Å²) in [6.45, 7) is 4.00. The van der Waals surface area contributed by atoms with Crippen LogP contribution in [-0.2, 0) is 14.3 Å². The maximum atomic E-state index is 11.8. The molecule has 7 atom stereocenters. The fraction of sp³-hybridized carbons (Fsp3) is 0.818. The fourth-order valence-electron chi connectivity index (χ4n) is 7.10. The van der Waals surface area contributed by atoms with E-state index in [4.69, 9.17) is 9.84 Å². The minimum Gasteiger partial charge on any atom is -0.460 e. The van der Waals surface area contributed by atoms with Gasteiger partial charge in [-0.2, -0.15) is 0 Å². The first kappa shape index (κ1) is 18.2. The Kier molecular flexibility index (Phi) is 4.75. The highest BCUT2D eigenvalue weighted by Gasteiger charge is 2.60. The summed E-state index contributed by atoms with van der Waals surface area (Å²) >= 11 is 0. The maximum Gasteiger partial charge on any atom is 0.332 e. The van der Waals surface area contributed by atoms with E-state index in [0.29, 0.717) is 41.8 Å². The first-order chi connectivity index (χ1) is 12.5. The van der Waals surface area contributed by atoms with Crippen LogP contribution in [0, 0.1) is 35.0 Å². The van der Waals surface area contributed by atoms with Crippen molar-refractivity contribution in [1.29, 1.82) is 0 Å². The minimum atomic E-state index is -0.524. The molecule has 0 aliphatic heterocycles. The molecule has 3 fully saturated rings. The lowest BCUT2D eigenvalue weighted by Gasteiger charge is -2.53. The third kappa shape index (κ3) is 2.76. The van der Waals surface area contributed by atoms with Gasteiger partial charge in [0.15, 0.2) is 5.78 Å². The van der Waals surface area contributed by atoms with E-state index in [-0.39, 0.29) is 11.5 Å². The van der Waals surface area contributed by atoms with Gasteiger partial charge in [-0.1, -0.05) is 19.4 Å². The summed E-state index contributed by atoms with van der Waals surface area (Å²) in [5.74, 6) is 2.85. The first-order valence-corrected chi connectivity index (χ1v) is 10.5. The van der Waals surface area contributed by atoms with E-state index in [9.17, 15) is 9.59 Å². The van der Waals surface area contributed by atoms with Gasteiger partial charge >= 0.3 is 5.97 Å². The van der Waals surface area contributed by atoms with E-state index < -0.39 is 12.6 Å². The zero-order chi connectivity index (χ0) is 18.5. The topological polar surface area (TPSA) is 63.6 Å². The van der Waals surface area contributed by atoms with Crippen LogP contribution >= 0.6 is 0 Å². The molecule has 0 spiro atoms. The van der Waals surface area contributed by atoms with Gasteiger partial charge in [-0.05, 0) is 80.6 Å². The van der Waals surface area contributed by atoms with Crippen molar-refractivity contribution >= 4 is 11.8 Å². The van der Waals surface area contributed by atoms with Crippen LogP contribution < -0.4 is 0 Å². The van der Waals surface area contributed by atoms with E-state index in [1.54, 1.807) is 0 Å². The number of rotatable bonds is 3. The van der Waals surface area contributed by atoms with Crippen LogP contribution in [0.1, 0.15) is 65.2 Å². The summed E-state index contributed by atoms with van der Waals surface area (Å²) in [5.41, 5.74) is 1.46. The molecule has 4 aliphatic carbocycles. The van der Waals surface area contributed by atoms with Gasteiger partial charge in [0.25, 0.3) is 0 Å². The molecule has 0 aromatic rings. The largest absolute Gasteiger partial charge is 0.460 e. The summed E-state index contributed by atoms with van der Waals surface area (Å²) in [4.78, 5) is 23.7. The molecule has 0 aromatic carbocycles. The summed E-state index contributed by atoms with van der Waals surface area (Å²) in [6.07, 6.45) is 10.3. The number of aliphatic hydroxyl groups is 1. The summed E-state index contributed by atoms with van der Waals surface area (Å²) in [7, 11) is 0. The third-order valence-electron chi connectivity index (χ3n) is 8.28. The average Bonchev–Trinajstić information content (AvgIpc) is 2.93. The number of ether oxygens (including phenoxy) is 1. The molecule has 0 saturated heterocycles. The summed E-state index contributed by atoms with van der Waals surface area (Å²) in [6, 6.07) is 0. The highest BCUT2D eigenvalue weighted by Crippen LogP contribution is 2.64. The van der Waals surface area contributed by atoms with Gasteiger partial charge in [-0.25, -0.2) is 4.79 Å². The average molecular weight is 360 g/mol. The van der Waals surface area contributed by atoms with Crippen molar-refractivity contribution in [2.45, 2.75) is 71.3 Å². The van der Waals surface area contributed by atoms with E-state index >= 15 is 0 Å². The van der Waals surface area contributed by atoms with E-state index in [1.807, 2.05) is 6.08 Å². The molecule has 4 rings (SSSR count). The number of allylic oxidation sites excluding steroid dienone is 1. The van der Waals surface area contributed by atoms with Crippen molar-refractivity contribution in [3.8, 4) is 0 Å². The van der Waals surface area contributed by atoms with Crippen molar-refractivity contribution in [1.82, 2.24) is 0 Å². The molecule has 3 saturated carbocycles. The Labute approximate surface area is 156 Å². The third-order valence-corrected chi connectivity index (χ3v) is 8.28. The van der Waals surface area contributed by atoms with Gasteiger partial charge in [0.05, 0.1) is 0 Å². The number of carbonyl (C=O) groups is 2. The lowest BCUT2D eigenvalue weighted by molar-refractivity contribution is -0.165. The van der Waals surface area contributed by atoms with Crippen LogP contribution in [0.3, 0.4) is 0 Å². The summed E-state index contributed by atoms with van der Waals surface area (Å²) < 4.78 is 5.79. The molecule has 4 aliphatic rings. The Morgan fingerprint density at radius 3 is 2.81 bits per heavy atom. The minimum absolute atomic E-state index is 0.0401. The van der Waals surface area contributed by atoms with Gasteiger partial charge in [0.2, 0.25) is 0 Å². The lowest BCUT2D eigenvalue weighted by Crippen LogP contribution is -2.49. The van der Waals surface area contributed by atoms with Crippen molar-refractivity contribution in [2.75, 3.05) is 6.61 Å². The fourth-order valence-corrected chi connectivity index (χ4v) is 7.10. The molecular formula is C22H32O4. The van der Waals surface area contributed by atoms with Crippen molar-refractivity contribution in [3.63, 3.8) is 0 Å². The highest BCUT2D eigenvalue weighted by atomic mass is 16.6. The Bertz CT molecular complexity index is 624. The number of esters is 1. The number of hydrogen-bond donors (Lipinski definition) is 1. The Hall–Kier alpha value is -1.16. The highest BCUT2D eigenvalue weighted by molar-refractivity contribution is 5.91. The van der Waals surface area contributed by atoms with Crippen molar-refractivity contribution in [3.05, 3.63) is 11.6 Å². The second-order valence-corrected chi connectivity index (χ2v) is 9.32. The van der Waals surface area contributed by atoms with Gasteiger partial charge in [0, 0.05) is 11.8 Å². The van der Waals surface area contributed by atoms with Crippen LogP contribution in [0.4, 0.5) is 0 Å². The number of hydrogen-bond acceptors (Lipinski definition) is 4. The van der Waals surface area contributed by atoms with Crippen LogP contribution in [-0.4, -0.2) is 29.6 Å². The predicted octanol–water partition coefficient (Wildman–Crippen LogP) is 3.67. The second-order valence-electron chi connectivity index (χ2n) is 9.32. The van der Waals surface area contributed by atoms with E-state index in [2.05, 4.69) is 13.8 Å². The Morgan fingerprint density at radius 2 is 2.08 bits per heavy atom. The zero-order valence-electron chi connectivity index (χ0n) is 16.1. The van der Waals surface area contributed by atoms with Crippen LogP contribution in [0.25, 0.3) is 0 Å². The van der Waals surface area contributed by atoms with E-state index in [1.165, 1.54) is 18.4 Å². The molecule has 4 nitrogen and oxygen atoms in total. The first-order valence-electron chi connectivity index (χ1n) is 10.5. The second kappa shape index (κ2) is 6.78. The Balaban J connectivity index is 1.59. The number of fused-ring (bicyclic) bond motifs is 5. The van der Waals surface area contributed by atoms with Gasteiger partial charge in [-0.15, -0.1) is 0 Å². The molecule has 26 heavy (non-hydrogen) atoms. The van der Waals surface area contributed by atoms with Crippen LogP contribution in [0.2, 0.25) is 0 Å². The normalized spacial score (nSPS) is 44.6.